The van der Waals surface area contributed by atoms with Gasteiger partial charge in [-0.2, -0.15) is 4.31 Å². The zero-order valence-corrected chi connectivity index (χ0v) is 17.5. The topological polar surface area (TPSA) is 83.6 Å². The van der Waals surface area contributed by atoms with Crippen LogP contribution in [-0.4, -0.2) is 40.3 Å². The Hall–Kier alpha value is -0.200. The highest BCUT2D eigenvalue weighted by Crippen LogP contribution is 2.35. The molecule has 2 heterocycles. The molecule has 0 saturated heterocycles. The van der Waals surface area contributed by atoms with E-state index in [4.69, 9.17) is 23.2 Å². The van der Waals surface area contributed by atoms with Gasteiger partial charge in [-0.1, -0.05) is 23.2 Å². The van der Waals surface area contributed by atoms with Crippen LogP contribution in [0.3, 0.4) is 0 Å². The Morgan fingerprint density at radius 3 is 2.04 bits per heavy atom. The van der Waals surface area contributed by atoms with E-state index in [1.807, 2.05) is 0 Å². The number of thiophene rings is 2. The molecule has 0 unspecified atom stereocenters. The minimum Gasteiger partial charge on any atom is -0.209 e. The molecule has 0 amide bonds. The zero-order chi connectivity index (χ0) is 18.2. The molecular weight excluding hydrogens is 447 g/mol. The zero-order valence-electron chi connectivity index (χ0n) is 12.7. The van der Waals surface area contributed by atoms with Crippen LogP contribution in [0.5, 0.6) is 0 Å². The molecule has 0 aromatic carbocycles. The van der Waals surface area contributed by atoms with Crippen molar-refractivity contribution < 1.29 is 16.8 Å². The molecule has 3 rings (SSSR count). The van der Waals surface area contributed by atoms with Gasteiger partial charge in [-0.15, -0.1) is 22.7 Å². The van der Waals surface area contributed by atoms with Crippen LogP contribution in [-0.2, 0) is 20.0 Å². The SMILES string of the molecule is O=S(=O)(NCCN(C1CC1)S(=O)(=O)c1ccc(Cl)s1)c1ccc(Cl)s1. The molecule has 0 radical (unpaired) electrons. The highest BCUT2D eigenvalue weighted by Gasteiger charge is 2.38. The molecule has 1 saturated carbocycles. The van der Waals surface area contributed by atoms with Gasteiger partial charge in [-0.05, 0) is 37.1 Å². The number of nitrogens with zero attached hydrogens (tertiary/aromatic N) is 1. The molecule has 0 atom stereocenters. The lowest BCUT2D eigenvalue weighted by Crippen LogP contribution is -2.39. The summed E-state index contributed by atoms with van der Waals surface area (Å²) in [4.78, 5) is 0. The Bertz CT molecular complexity index is 964. The Labute approximate surface area is 164 Å². The van der Waals surface area contributed by atoms with Gasteiger partial charge in [0.1, 0.15) is 8.42 Å². The van der Waals surface area contributed by atoms with Crippen molar-refractivity contribution in [2.75, 3.05) is 13.1 Å². The van der Waals surface area contributed by atoms with Gasteiger partial charge in [0.15, 0.2) is 0 Å². The summed E-state index contributed by atoms with van der Waals surface area (Å²) in [7, 11) is -7.38. The van der Waals surface area contributed by atoms with E-state index in [2.05, 4.69) is 4.72 Å². The first-order chi connectivity index (χ1) is 11.7. The van der Waals surface area contributed by atoms with Gasteiger partial charge in [0.05, 0.1) is 8.67 Å². The summed E-state index contributed by atoms with van der Waals surface area (Å²) in [6, 6.07) is 5.83. The summed E-state index contributed by atoms with van der Waals surface area (Å²) in [5, 5.41) is 0. The molecule has 0 spiro atoms. The molecule has 0 aliphatic heterocycles. The smallest absolute Gasteiger partial charge is 0.209 e. The van der Waals surface area contributed by atoms with Crippen LogP contribution in [0.4, 0.5) is 0 Å². The molecule has 12 heteroatoms. The predicted octanol–water partition coefficient (Wildman–Crippen LogP) is 3.25. The third-order valence-corrected chi connectivity index (χ3v) is 10.3. The molecule has 2 aromatic rings. The highest BCUT2D eigenvalue weighted by molar-refractivity contribution is 7.92. The van der Waals surface area contributed by atoms with Gasteiger partial charge < -0.3 is 0 Å². The van der Waals surface area contributed by atoms with Crippen molar-refractivity contribution in [3.05, 3.63) is 32.9 Å². The third kappa shape index (κ3) is 4.56. The molecule has 138 valence electrons. The summed E-state index contributed by atoms with van der Waals surface area (Å²) >= 11 is 13.5. The second-order valence-electron chi connectivity index (χ2n) is 5.36. The molecule has 1 fully saturated rings. The van der Waals surface area contributed by atoms with Crippen LogP contribution in [0.2, 0.25) is 8.67 Å². The van der Waals surface area contributed by atoms with E-state index < -0.39 is 20.0 Å². The van der Waals surface area contributed by atoms with Gasteiger partial charge in [0, 0.05) is 19.1 Å². The van der Waals surface area contributed by atoms with E-state index in [1.54, 1.807) is 0 Å². The largest absolute Gasteiger partial charge is 0.252 e. The lowest BCUT2D eigenvalue weighted by Gasteiger charge is -2.21. The quantitative estimate of drug-likeness (QED) is 0.654. The third-order valence-electron chi connectivity index (χ3n) is 3.50. The van der Waals surface area contributed by atoms with Gasteiger partial charge in [-0.25, -0.2) is 21.6 Å². The normalized spacial score (nSPS) is 15.8. The van der Waals surface area contributed by atoms with Crippen LogP contribution < -0.4 is 4.72 Å². The summed E-state index contributed by atoms with van der Waals surface area (Å²) < 4.78 is 54.7. The van der Waals surface area contributed by atoms with E-state index in [0.717, 1.165) is 35.5 Å². The Morgan fingerprint density at radius 1 is 1.00 bits per heavy atom. The van der Waals surface area contributed by atoms with E-state index in [1.165, 1.54) is 28.6 Å². The van der Waals surface area contributed by atoms with E-state index >= 15 is 0 Å². The maximum atomic E-state index is 12.7. The van der Waals surface area contributed by atoms with E-state index in [-0.39, 0.29) is 27.5 Å². The maximum Gasteiger partial charge on any atom is 0.252 e. The van der Waals surface area contributed by atoms with Gasteiger partial charge in [-0.3, -0.25) is 0 Å². The fraction of sp³-hybridized carbons (Fsp3) is 0.385. The minimum absolute atomic E-state index is 0.0211. The second kappa shape index (κ2) is 7.43. The monoisotopic (exact) mass is 460 g/mol. The molecule has 25 heavy (non-hydrogen) atoms. The summed E-state index contributed by atoms with van der Waals surface area (Å²) in [6.07, 6.45) is 1.54. The van der Waals surface area contributed by atoms with Crippen LogP contribution >= 0.6 is 45.9 Å². The summed E-state index contributed by atoms with van der Waals surface area (Å²) in [5.74, 6) is 0. The van der Waals surface area contributed by atoms with Crippen LogP contribution in [0.15, 0.2) is 32.7 Å². The number of nitrogens with one attached hydrogen (secondary N) is 1. The Kier molecular flexibility index (Phi) is 5.81. The van der Waals surface area contributed by atoms with Crippen molar-refractivity contribution in [1.82, 2.24) is 9.03 Å². The molecule has 1 aliphatic carbocycles. The van der Waals surface area contributed by atoms with Crippen molar-refractivity contribution >= 4 is 65.9 Å². The number of rotatable bonds is 8. The van der Waals surface area contributed by atoms with Crippen molar-refractivity contribution in [1.29, 1.82) is 0 Å². The number of hydrogen-bond donors (Lipinski definition) is 1. The van der Waals surface area contributed by atoms with E-state index in [9.17, 15) is 16.8 Å². The van der Waals surface area contributed by atoms with Crippen LogP contribution in [0, 0.1) is 0 Å². The first-order valence-corrected chi connectivity index (χ1v) is 12.5. The average molecular weight is 461 g/mol. The van der Waals surface area contributed by atoms with Gasteiger partial charge in [0.2, 0.25) is 10.0 Å². The maximum absolute atomic E-state index is 12.7. The lowest BCUT2D eigenvalue weighted by molar-refractivity contribution is 0.407. The second-order valence-corrected chi connectivity index (χ2v) is 12.9. The minimum atomic E-state index is -3.70. The average Bonchev–Trinajstić information content (AvgIpc) is 3.09. The first-order valence-electron chi connectivity index (χ1n) is 7.22. The number of hydrogen-bond acceptors (Lipinski definition) is 6. The van der Waals surface area contributed by atoms with Crippen molar-refractivity contribution in [3.63, 3.8) is 0 Å². The molecule has 0 bridgehead atoms. The molecule has 6 nitrogen and oxygen atoms in total. The highest BCUT2D eigenvalue weighted by atomic mass is 35.5. The Balaban J connectivity index is 1.69. The molecule has 1 N–H and O–H groups in total. The van der Waals surface area contributed by atoms with Crippen LogP contribution in [0.1, 0.15) is 12.8 Å². The molecule has 1 aliphatic rings. The molecular formula is C13H14Cl2N2O4S4. The van der Waals surface area contributed by atoms with Gasteiger partial charge >= 0.3 is 0 Å². The van der Waals surface area contributed by atoms with Crippen molar-refractivity contribution in [2.45, 2.75) is 27.3 Å². The lowest BCUT2D eigenvalue weighted by atomic mass is 10.6. The molecule has 2 aromatic heterocycles. The van der Waals surface area contributed by atoms with E-state index in [0.29, 0.717) is 8.67 Å². The predicted molar refractivity (Wildman–Crippen MR) is 101 cm³/mol. The Morgan fingerprint density at radius 2 is 1.56 bits per heavy atom. The standard InChI is InChI=1S/C13H14Cl2N2O4S4/c14-10-3-5-12(22-10)24(18,19)16-7-8-17(9-1-2-9)25(20,21)13-6-4-11(15)23-13/h3-6,9,16H,1-2,7-8H2. The first kappa shape index (κ1) is 19.6. The summed E-state index contributed by atoms with van der Waals surface area (Å²) in [6.45, 7) is 0.0353. The summed E-state index contributed by atoms with van der Waals surface area (Å²) in [5.41, 5.74) is 0. The fourth-order valence-electron chi connectivity index (χ4n) is 2.22. The van der Waals surface area contributed by atoms with Gasteiger partial charge in [0.25, 0.3) is 10.0 Å². The van der Waals surface area contributed by atoms with Crippen LogP contribution in [0.25, 0.3) is 0 Å². The fourth-order valence-corrected chi connectivity index (χ4v) is 8.06. The van der Waals surface area contributed by atoms with Crippen molar-refractivity contribution in [2.24, 2.45) is 0 Å². The number of sulfonamides is 2. The number of halogens is 2. The van der Waals surface area contributed by atoms with Crippen molar-refractivity contribution in [3.8, 4) is 0 Å².